The van der Waals surface area contributed by atoms with Crippen molar-refractivity contribution in [1.29, 1.82) is 0 Å². The van der Waals surface area contributed by atoms with Crippen LogP contribution in [0.1, 0.15) is 4.88 Å². The summed E-state index contributed by atoms with van der Waals surface area (Å²) in [5.74, 6) is -0.890. The summed E-state index contributed by atoms with van der Waals surface area (Å²) in [4.78, 5) is 16.2. The van der Waals surface area contributed by atoms with Crippen molar-refractivity contribution in [2.75, 3.05) is 6.26 Å². The van der Waals surface area contributed by atoms with E-state index < -0.39 is 16.1 Å². The monoisotopic (exact) mass is 262 g/mol. The Balaban J connectivity index is 2.46. The van der Waals surface area contributed by atoms with Gasteiger partial charge in [0.25, 0.3) is 10.1 Å². The number of hydrogen-bond acceptors (Lipinski definition) is 6. The van der Waals surface area contributed by atoms with Gasteiger partial charge in [-0.2, -0.15) is 8.42 Å². The van der Waals surface area contributed by atoms with Gasteiger partial charge in [-0.25, -0.2) is 4.79 Å². The molecule has 16 heavy (non-hydrogen) atoms. The molecule has 0 fully saturated rings. The van der Waals surface area contributed by atoms with Crippen LogP contribution in [0.3, 0.4) is 0 Å². The molecule has 0 amide bonds. The summed E-state index contributed by atoms with van der Waals surface area (Å²) in [6, 6.07) is 3.67. The van der Waals surface area contributed by atoms with E-state index in [1.807, 2.05) is 17.5 Å². The fraction of sp³-hybridized carbons (Fsp3) is 0.222. The van der Waals surface area contributed by atoms with Crippen LogP contribution in [-0.2, 0) is 30.6 Å². The minimum Gasteiger partial charge on any atom is -0.276 e. The van der Waals surface area contributed by atoms with Gasteiger partial charge in [0.05, 0.1) is 6.26 Å². The Labute approximate surface area is 97.4 Å². The maximum Gasteiger partial charge on any atom is 0.370 e. The van der Waals surface area contributed by atoms with Crippen molar-refractivity contribution in [1.82, 2.24) is 0 Å². The molecule has 1 heterocycles. The Kier molecular flexibility index (Phi) is 4.22. The first-order valence-corrected chi connectivity index (χ1v) is 6.89. The lowest BCUT2D eigenvalue weighted by Crippen LogP contribution is -2.12. The zero-order valence-electron chi connectivity index (χ0n) is 8.50. The zero-order chi connectivity index (χ0) is 12.2. The molecule has 5 nitrogen and oxygen atoms in total. The fourth-order valence-electron chi connectivity index (χ4n) is 0.847. The van der Waals surface area contributed by atoms with Gasteiger partial charge in [-0.3, -0.25) is 4.89 Å². The van der Waals surface area contributed by atoms with Crippen molar-refractivity contribution in [3.8, 4) is 0 Å². The molecule has 7 heteroatoms. The highest BCUT2D eigenvalue weighted by atomic mass is 32.2. The van der Waals surface area contributed by atoms with Crippen molar-refractivity contribution in [3.05, 3.63) is 34.5 Å². The Morgan fingerprint density at radius 2 is 2.25 bits per heavy atom. The van der Waals surface area contributed by atoms with E-state index in [2.05, 4.69) is 15.8 Å². The smallest absolute Gasteiger partial charge is 0.276 e. The molecule has 0 saturated carbocycles. The molecule has 0 aliphatic carbocycles. The van der Waals surface area contributed by atoms with E-state index in [0.717, 1.165) is 11.1 Å². The summed E-state index contributed by atoms with van der Waals surface area (Å²) >= 11 is 1.46. The maximum atomic E-state index is 11.2. The predicted octanol–water partition coefficient (Wildman–Crippen LogP) is 1.28. The molecule has 0 unspecified atom stereocenters. The van der Waals surface area contributed by atoms with Gasteiger partial charge >= 0.3 is 5.97 Å². The molecule has 1 aromatic rings. The van der Waals surface area contributed by atoms with Crippen LogP contribution in [0.15, 0.2) is 29.7 Å². The molecule has 0 radical (unpaired) electrons. The highest BCUT2D eigenvalue weighted by molar-refractivity contribution is 7.85. The van der Waals surface area contributed by atoms with Gasteiger partial charge in [0.1, 0.15) is 0 Å². The molecule has 1 aromatic heterocycles. The van der Waals surface area contributed by atoms with Crippen LogP contribution < -0.4 is 0 Å². The second kappa shape index (κ2) is 5.24. The molecule has 0 aromatic carbocycles. The van der Waals surface area contributed by atoms with Gasteiger partial charge in [-0.05, 0) is 11.4 Å². The second-order valence-corrected chi connectivity index (χ2v) is 5.58. The van der Waals surface area contributed by atoms with E-state index in [0.29, 0.717) is 6.42 Å². The molecule has 0 N–H and O–H groups in total. The number of hydrogen-bond donors (Lipinski definition) is 0. The van der Waals surface area contributed by atoms with E-state index >= 15 is 0 Å². The van der Waals surface area contributed by atoms with Gasteiger partial charge in [0, 0.05) is 16.9 Å². The summed E-state index contributed by atoms with van der Waals surface area (Å²) in [7, 11) is -3.80. The molecule has 0 atom stereocenters. The van der Waals surface area contributed by atoms with Crippen molar-refractivity contribution < 1.29 is 22.4 Å². The highest BCUT2D eigenvalue weighted by Gasteiger charge is 2.14. The number of carbonyl (C=O) groups is 1. The van der Waals surface area contributed by atoms with E-state index in [9.17, 15) is 13.2 Å². The van der Waals surface area contributed by atoms with Crippen LogP contribution in [0.4, 0.5) is 0 Å². The van der Waals surface area contributed by atoms with Crippen LogP contribution >= 0.6 is 11.3 Å². The minimum atomic E-state index is -3.80. The van der Waals surface area contributed by atoms with Gasteiger partial charge < -0.3 is 0 Å². The molecule has 0 aliphatic heterocycles. The van der Waals surface area contributed by atoms with Crippen LogP contribution in [0.2, 0.25) is 0 Å². The molecule has 0 aliphatic rings. The average Bonchev–Trinajstić information content (AvgIpc) is 2.65. The lowest BCUT2D eigenvalue weighted by molar-refractivity contribution is -0.205. The second-order valence-electron chi connectivity index (χ2n) is 3.00. The lowest BCUT2D eigenvalue weighted by atomic mass is 10.2. The number of rotatable bonds is 5. The quantitative estimate of drug-likeness (QED) is 0.454. The average molecular weight is 262 g/mol. The number of thiophene rings is 1. The van der Waals surface area contributed by atoms with E-state index in [1.54, 1.807) is 0 Å². The largest absolute Gasteiger partial charge is 0.370 e. The third kappa shape index (κ3) is 4.56. The van der Waals surface area contributed by atoms with Crippen molar-refractivity contribution in [3.63, 3.8) is 0 Å². The van der Waals surface area contributed by atoms with Crippen molar-refractivity contribution >= 4 is 27.4 Å². The molecular weight excluding hydrogens is 252 g/mol. The Bertz CT molecular complexity index is 472. The maximum absolute atomic E-state index is 11.2. The van der Waals surface area contributed by atoms with Crippen molar-refractivity contribution in [2.45, 2.75) is 6.42 Å². The summed E-state index contributed by atoms with van der Waals surface area (Å²) in [6.07, 6.45) is 1.09. The van der Waals surface area contributed by atoms with Crippen LogP contribution in [0, 0.1) is 0 Å². The van der Waals surface area contributed by atoms with E-state index in [1.165, 1.54) is 11.3 Å². The van der Waals surface area contributed by atoms with E-state index in [-0.39, 0.29) is 5.57 Å². The van der Waals surface area contributed by atoms with Crippen LogP contribution in [0.25, 0.3) is 0 Å². The first-order chi connectivity index (χ1) is 7.38. The highest BCUT2D eigenvalue weighted by Crippen LogP contribution is 2.14. The van der Waals surface area contributed by atoms with E-state index in [4.69, 9.17) is 0 Å². The van der Waals surface area contributed by atoms with Crippen molar-refractivity contribution in [2.24, 2.45) is 0 Å². The molecule has 88 valence electrons. The Morgan fingerprint density at radius 3 is 2.75 bits per heavy atom. The Morgan fingerprint density at radius 1 is 1.56 bits per heavy atom. The first-order valence-electron chi connectivity index (χ1n) is 4.19. The SMILES string of the molecule is C=C(Cc1cccs1)C(=O)OOS(C)(=O)=O. The topological polar surface area (TPSA) is 69.7 Å². The normalized spacial score (nSPS) is 11.1. The summed E-state index contributed by atoms with van der Waals surface area (Å²) in [6.45, 7) is 3.49. The van der Waals surface area contributed by atoms with Crippen LogP contribution in [-0.4, -0.2) is 20.6 Å². The molecular formula is C9H10O5S2. The lowest BCUT2D eigenvalue weighted by Gasteiger charge is -2.02. The molecule has 1 rings (SSSR count). The third-order valence-electron chi connectivity index (χ3n) is 1.49. The predicted molar refractivity (Wildman–Crippen MR) is 59.2 cm³/mol. The van der Waals surface area contributed by atoms with Gasteiger partial charge in [-0.1, -0.05) is 17.0 Å². The third-order valence-corrected chi connectivity index (χ3v) is 2.68. The fourth-order valence-corrected chi connectivity index (χ4v) is 1.78. The van der Waals surface area contributed by atoms with Gasteiger partial charge in [-0.15, -0.1) is 11.3 Å². The first kappa shape index (κ1) is 12.9. The standard InChI is InChI=1S/C9H10O5S2/c1-7(6-8-4-3-5-15-8)9(10)13-14-16(2,11)12/h3-5H,1,6H2,2H3. The summed E-state index contributed by atoms with van der Waals surface area (Å²) in [5.41, 5.74) is 0.131. The summed E-state index contributed by atoms with van der Waals surface area (Å²) < 4.78 is 25.0. The zero-order valence-corrected chi connectivity index (χ0v) is 10.1. The van der Waals surface area contributed by atoms with Gasteiger partial charge in [0.2, 0.25) is 0 Å². The Hall–Kier alpha value is -1.18. The minimum absolute atomic E-state index is 0.131. The van der Waals surface area contributed by atoms with Gasteiger partial charge in [0.15, 0.2) is 0 Å². The number of carbonyl (C=O) groups excluding carboxylic acids is 1. The van der Waals surface area contributed by atoms with Crippen LogP contribution in [0.5, 0.6) is 0 Å². The summed E-state index contributed by atoms with van der Waals surface area (Å²) in [5, 5.41) is 1.86. The molecule has 0 spiro atoms. The molecule has 0 saturated heterocycles. The molecule has 0 bridgehead atoms.